The maximum atomic E-state index is 12.8. The highest BCUT2D eigenvalue weighted by molar-refractivity contribution is 6.52. The van der Waals surface area contributed by atoms with Crippen molar-refractivity contribution in [2.24, 2.45) is 0 Å². The molecule has 92 valence electrons. The molecule has 0 fully saturated rings. The predicted molar refractivity (Wildman–Crippen MR) is 41.1 cm³/mol. The van der Waals surface area contributed by atoms with E-state index in [1.54, 1.807) is 0 Å². The highest BCUT2D eigenvalue weighted by atomic mass is 35.5. The Hall–Kier alpha value is 0.380. The fourth-order valence-corrected chi connectivity index (χ4v) is 0.877. The smallest absolute Gasteiger partial charge is 0.234 e. The number of hydrogen-bond donors (Lipinski definition) is 0. The van der Waals surface area contributed by atoms with Crippen molar-refractivity contribution in [1.29, 1.82) is 0 Å². The Bertz CT molecular complexity index is 223. The molecule has 15 heavy (non-hydrogen) atoms. The van der Waals surface area contributed by atoms with Gasteiger partial charge in [-0.05, 0) is 0 Å². The second-order valence-corrected chi connectivity index (χ2v) is 4.19. The van der Waals surface area contributed by atoms with E-state index in [0.717, 1.165) is 0 Å². The quantitative estimate of drug-likeness (QED) is 0.538. The molecule has 0 saturated heterocycles. The van der Waals surface area contributed by atoms with Gasteiger partial charge in [0, 0.05) is 0 Å². The summed E-state index contributed by atoms with van der Waals surface area (Å²) in [7, 11) is 0. The van der Waals surface area contributed by atoms with Gasteiger partial charge in [0.25, 0.3) is 6.43 Å². The van der Waals surface area contributed by atoms with Crippen LogP contribution in [-0.2, 0) is 0 Å². The van der Waals surface area contributed by atoms with Gasteiger partial charge in [0.2, 0.25) is 6.17 Å². The summed E-state index contributed by atoms with van der Waals surface area (Å²) in [6.45, 7) is 0. The van der Waals surface area contributed by atoms with E-state index in [-0.39, 0.29) is 0 Å². The van der Waals surface area contributed by atoms with Crippen LogP contribution in [0.3, 0.4) is 0 Å². The monoisotopic (exact) mass is 300 g/mol. The molecule has 0 aromatic rings. The van der Waals surface area contributed by atoms with E-state index in [1.807, 2.05) is 0 Å². The molecular formula is C5H2Cl3F7. The van der Waals surface area contributed by atoms with Gasteiger partial charge in [-0.1, -0.05) is 34.8 Å². The lowest BCUT2D eigenvalue weighted by Crippen LogP contribution is -2.56. The molecular weight excluding hydrogens is 299 g/mol. The molecule has 0 aliphatic heterocycles. The lowest BCUT2D eigenvalue weighted by molar-refractivity contribution is -0.192. The van der Waals surface area contributed by atoms with Crippen molar-refractivity contribution in [3.05, 3.63) is 0 Å². The molecule has 0 N–H and O–H groups in total. The van der Waals surface area contributed by atoms with Crippen LogP contribution in [0.4, 0.5) is 30.7 Å². The normalized spacial score (nSPS) is 20.2. The van der Waals surface area contributed by atoms with Crippen LogP contribution in [0.25, 0.3) is 0 Å². The molecule has 0 rings (SSSR count). The van der Waals surface area contributed by atoms with E-state index in [1.165, 1.54) is 0 Å². The fourth-order valence-electron chi connectivity index (χ4n) is 0.520. The minimum atomic E-state index is -5.60. The minimum absolute atomic E-state index is 4.21. The summed E-state index contributed by atoms with van der Waals surface area (Å²) in [5.74, 6) is -5.60. The van der Waals surface area contributed by atoms with E-state index in [2.05, 4.69) is 34.8 Å². The number of rotatable bonds is 4. The first-order chi connectivity index (χ1) is 6.35. The van der Waals surface area contributed by atoms with Gasteiger partial charge in [-0.2, -0.15) is 8.78 Å². The third-order valence-corrected chi connectivity index (χ3v) is 2.57. The van der Waals surface area contributed by atoms with Crippen LogP contribution >= 0.6 is 34.8 Å². The van der Waals surface area contributed by atoms with Crippen LogP contribution in [-0.4, -0.2) is 28.2 Å². The third-order valence-electron chi connectivity index (χ3n) is 1.34. The van der Waals surface area contributed by atoms with E-state index in [9.17, 15) is 30.7 Å². The fraction of sp³-hybridized carbons (Fsp3) is 1.00. The van der Waals surface area contributed by atoms with E-state index >= 15 is 0 Å². The van der Waals surface area contributed by atoms with E-state index < -0.39 is 28.2 Å². The SMILES string of the molecule is FC(F)C(F)C(F)(F)C(F)(Cl)C(F)(Cl)Cl. The molecule has 0 aliphatic rings. The van der Waals surface area contributed by atoms with Crippen molar-refractivity contribution in [2.75, 3.05) is 0 Å². The summed E-state index contributed by atoms with van der Waals surface area (Å²) in [6, 6.07) is 0. The van der Waals surface area contributed by atoms with Crippen LogP contribution in [0, 0.1) is 0 Å². The Morgan fingerprint density at radius 1 is 0.800 bits per heavy atom. The topological polar surface area (TPSA) is 0 Å². The summed E-state index contributed by atoms with van der Waals surface area (Å²) in [5, 5.41) is -5.01. The molecule has 0 spiro atoms. The van der Waals surface area contributed by atoms with Gasteiger partial charge in [0.05, 0.1) is 0 Å². The highest BCUT2D eigenvalue weighted by Crippen LogP contribution is 2.53. The van der Waals surface area contributed by atoms with Crippen LogP contribution in [0.2, 0.25) is 0 Å². The van der Waals surface area contributed by atoms with Gasteiger partial charge in [-0.25, -0.2) is 22.0 Å². The molecule has 0 radical (unpaired) electrons. The Kier molecular flexibility index (Phi) is 4.44. The van der Waals surface area contributed by atoms with Crippen molar-refractivity contribution in [2.45, 2.75) is 28.2 Å². The Labute approximate surface area is 94.3 Å². The second-order valence-electron chi connectivity index (χ2n) is 2.43. The lowest BCUT2D eigenvalue weighted by atomic mass is 10.1. The summed E-state index contributed by atoms with van der Waals surface area (Å²) in [6.07, 6.45) is -8.61. The Morgan fingerprint density at radius 3 is 1.33 bits per heavy atom. The predicted octanol–water partition coefficient (Wildman–Crippen LogP) is 4.23. The number of halogens is 10. The van der Waals surface area contributed by atoms with Crippen LogP contribution in [0.15, 0.2) is 0 Å². The summed E-state index contributed by atoms with van der Waals surface area (Å²) in [5.41, 5.74) is 0. The first kappa shape index (κ1) is 15.4. The van der Waals surface area contributed by atoms with Gasteiger partial charge in [0.1, 0.15) is 0 Å². The van der Waals surface area contributed by atoms with Crippen molar-refractivity contribution in [1.82, 2.24) is 0 Å². The van der Waals surface area contributed by atoms with Crippen LogP contribution < -0.4 is 0 Å². The van der Waals surface area contributed by atoms with Gasteiger partial charge in [-0.3, -0.25) is 0 Å². The molecule has 0 saturated carbocycles. The maximum Gasteiger partial charge on any atom is 0.337 e. The Balaban J connectivity index is 5.19. The van der Waals surface area contributed by atoms with Crippen molar-refractivity contribution < 1.29 is 30.7 Å². The zero-order valence-corrected chi connectivity index (χ0v) is 8.70. The zero-order valence-electron chi connectivity index (χ0n) is 6.43. The Morgan fingerprint density at radius 2 is 1.13 bits per heavy atom. The highest BCUT2D eigenvalue weighted by Gasteiger charge is 2.72. The molecule has 0 nitrogen and oxygen atoms in total. The lowest BCUT2D eigenvalue weighted by Gasteiger charge is -2.33. The molecule has 0 heterocycles. The largest absolute Gasteiger partial charge is 0.337 e. The van der Waals surface area contributed by atoms with E-state index in [4.69, 9.17) is 0 Å². The van der Waals surface area contributed by atoms with Gasteiger partial charge in [-0.15, -0.1) is 0 Å². The summed E-state index contributed by atoms with van der Waals surface area (Å²) < 4.78 is 81.2. The van der Waals surface area contributed by atoms with Crippen molar-refractivity contribution in [3.8, 4) is 0 Å². The first-order valence-corrected chi connectivity index (χ1v) is 4.23. The zero-order chi connectivity index (χ0) is 12.7. The molecule has 2 unspecified atom stereocenters. The molecule has 10 heteroatoms. The van der Waals surface area contributed by atoms with Crippen molar-refractivity contribution >= 4 is 34.8 Å². The van der Waals surface area contributed by atoms with Gasteiger partial charge >= 0.3 is 15.6 Å². The molecule has 0 amide bonds. The van der Waals surface area contributed by atoms with Crippen LogP contribution in [0.5, 0.6) is 0 Å². The molecule has 2 atom stereocenters. The van der Waals surface area contributed by atoms with Gasteiger partial charge in [0.15, 0.2) is 0 Å². The van der Waals surface area contributed by atoms with E-state index in [0.29, 0.717) is 0 Å². The standard InChI is InChI=1S/C5H2Cl3F7/c6-4(14,5(7,8)15)3(12,13)1(9)2(10)11/h1-2H. The van der Waals surface area contributed by atoms with Crippen molar-refractivity contribution in [3.63, 3.8) is 0 Å². The minimum Gasteiger partial charge on any atom is -0.234 e. The molecule has 0 bridgehead atoms. The average molecular weight is 301 g/mol. The number of alkyl halides is 10. The second kappa shape index (κ2) is 4.33. The first-order valence-electron chi connectivity index (χ1n) is 3.10. The van der Waals surface area contributed by atoms with Gasteiger partial charge < -0.3 is 0 Å². The summed E-state index contributed by atoms with van der Waals surface area (Å²) >= 11 is 12.7. The summed E-state index contributed by atoms with van der Waals surface area (Å²) in [4.78, 5) is 0. The molecule has 0 aliphatic carbocycles. The third kappa shape index (κ3) is 2.74. The number of hydrogen-bond acceptors (Lipinski definition) is 0. The average Bonchev–Trinajstić information content (AvgIpc) is 2.00. The molecule has 0 aromatic carbocycles. The maximum absolute atomic E-state index is 12.8. The molecule has 0 aromatic heterocycles. The van der Waals surface area contributed by atoms with Crippen LogP contribution in [0.1, 0.15) is 0 Å².